The maximum Gasteiger partial charge on any atom is 0.251 e. The van der Waals surface area contributed by atoms with Crippen molar-refractivity contribution in [1.29, 1.82) is 0 Å². The highest BCUT2D eigenvalue weighted by molar-refractivity contribution is 7.10. The summed E-state index contributed by atoms with van der Waals surface area (Å²) in [5.74, 6) is -0.263. The van der Waals surface area contributed by atoms with Crippen LogP contribution in [0.1, 0.15) is 27.7 Å². The lowest BCUT2D eigenvalue weighted by atomic mass is 10.0. The highest BCUT2D eigenvalue weighted by Crippen LogP contribution is 2.24. The van der Waals surface area contributed by atoms with E-state index in [1.807, 2.05) is 17.5 Å². The van der Waals surface area contributed by atoms with Crippen LogP contribution in [0.3, 0.4) is 0 Å². The van der Waals surface area contributed by atoms with Crippen LogP contribution in [-0.4, -0.2) is 22.7 Å². The Balaban J connectivity index is 2.05. The smallest absolute Gasteiger partial charge is 0.251 e. The Labute approximate surface area is 121 Å². The van der Waals surface area contributed by atoms with Gasteiger partial charge in [-0.3, -0.25) is 4.79 Å². The Kier molecular flexibility index (Phi) is 4.11. The lowest BCUT2D eigenvalue weighted by molar-refractivity contribution is 0.0556. The number of hydrogen-bond donors (Lipinski definition) is 3. The van der Waals surface area contributed by atoms with E-state index in [-0.39, 0.29) is 18.2 Å². The molecular formula is C15H17NO3S. The molecule has 0 saturated carbocycles. The Morgan fingerprint density at radius 1 is 1.40 bits per heavy atom. The summed E-state index contributed by atoms with van der Waals surface area (Å²) in [5.41, 5.74) is 0.0834. The number of amides is 1. The maximum absolute atomic E-state index is 12.0. The van der Waals surface area contributed by atoms with Crippen molar-refractivity contribution in [3.05, 3.63) is 51.7 Å². The van der Waals surface area contributed by atoms with Gasteiger partial charge in [0.15, 0.2) is 0 Å². The number of phenolic OH excluding ortho intramolecular Hbond substituents is 1. The van der Waals surface area contributed by atoms with Gasteiger partial charge < -0.3 is 15.5 Å². The SMILES string of the molecule is Cc1cc(O)cc(C(=O)NCC(C)(O)c2cccs2)c1. The highest BCUT2D eigenvalue weighted by atomic mass is 32.1. The molecule has 3 N–H and O–H groups in total. The fourth-order valence-corrected chi connectivity index (χ4v) is 2.71. The molecule has 0 bridgehead atoms. The average molecular weight is 291 g/mol. The Morgan fingerprint density at radius 2 is 2.15 bits per heavy atom. The van der Waals surface area contributed by atoms with E-state index in [9.17, 15) is 15.0 Å². The fourth-order valence-electron chi connectivity index (χ4n) is 1.92. The molecule has 1 heterocycles. The first-order valence-corrected chi connectivity index (χ1v) is 7.12. The van der Waals surface area contributed by atoms with Crippen LogP contribution >= 0.6 is 11.3 Å². The van der Waals surface area contributed by atoms with Gasteiger partial charge in [0.05, 0.1) is 6.54 Å². The molecule has 0 aliphatic heterocycles. The minimum absolute atomic E-state index is 0.0557. The number of aryl methyl sites for hydroxylation is 1. The van der Waals surface area contributed by atoms with Crippen LogP contribution in [0.2, 0.25) is 0 Å². The third kappa shape index (κ3) is 3.37. The molecule has 1 atom stereocenters. The van der Waals surface area contributed by atoms with Crippen molar-refractivity contribution in [2.75, 3.05) is 6.54 Å². The van der Waals surface area contributed by atoms with Gasteiger partial charge in [-0.1, -0.05) is 6.07 Å². The molecule has 1 aromatic carbocycles. The van der Waals surface area contributed by atoms with Crippen LogP contribution in [0.5, 0.6) is 5.75 Å². The molecule has 2 aromatic rings. The molecule has 2 rings (SSSR count). The lowest BCUT2D eigenvalue weighted by Gasteiger charge is -2.22. The van der Waals surface area contributed by atoms with Gasteiger partial charge in [0.2, 0.25) is 0 Å². The number of aromatic hydroxyl groups is 1. The molecule has 106 valence electrons. The van der Waals surface area contributed by atoms with Crippen molar-refractivity contribution in [2.24, 2.45) is 0 Å². The standard InChI is InChI=1S/C15H17NO3S/c1-10-6-11(8-12(17)7-10)14(18)16-9-15(2,19)13-4-3-5-20-13/h3-8,17,19H,9H2,1-2H3,(H,16,18). The van der Waals surface area contributed by atoms with Gasteiger partial charge in [0.25, 0.3) is 5.91 Å². The van der Waals surface area contributed by atoms with Crippen molar-refractivity contribution in [3.8, 4) is 5.75 Å². The first-order valence-electron chi connectivity index (χ1n) is 6.24. The zero-order valence-electron chi connectivity index (χ0n) is 11.4. The predicted molar refractivity (Wildman–Crippen MR) is 79.1 cm³/mol. The summed E-state index contributed by atoms with van der Waals surface area (Å²) in [5, 5.41) is 24.4. The summed E-state index contributed by atoms with van der Waals surface area (Å²) in [6.07, 6.45) is 0. The second-order valence-corrected chi connectivity index (χ2v) is 5.94. The molecule has 20 heavy (non-hydrogen) atoms. The molecule has 0 radical (unpaired) electrons. The Bertz CT molecular complexity index is 585. The first-order chi connectivity index (χ1) is 9.38. The van der Waals surface area contributed by atoms with Crippen molar-refractivity contribution in [2.45, 2.75) is 19.4 Å². The van der Waals surface area contributed by atoms with Crippen molar-refractivity contribution >= 4 is 17.2 Å². The van der Waals surface area contributed by atoms with Crippen LogP contribution in [0.4, 0.5) is 0 Å². The van der Waals surface area contributed by atoms with Gasteiger partial charge in [0.1, 0.15) is 11.4 Å². The quantitative estimate of drug-likeness (QED) is 0.810. The third-order valence-electron chi connectivity index (χ3n) is 2.97. The van der Waals surface area contributed by atoms with Gasteiger partial charge in [-0.15, -0.1) is 11.3 Å². The molecule has 0 fully saturated rings. The van der Waals surface area contributed by atoms with Crippen molar-refractivity contribution in [1.82, 2.24) is 5.32 Å². The number of nitrogens with one attached hydrogen (secondary N) is 1. The third-order valence-corrected chi connectivity index (χ3v) is 4.09. The van der Waals surface area contributed by atoms with Crippen LogP contribution < -0.4 is 5.32 Å². The maximum atomic E-state index is 12.0. The van der Waals surface area contributed by atoms with E-state index in [1.54, 1.807) is 26.0 Å². The van der Waals surface area contributed by atoms with E-state index in [1.165, 1.54) is 17.4 Å². The van der Waals surface area contributed by atoms with Gasteiger partial charge >= 0.3 is 0 Å². The predicted octanol–water partition coefficient (Wildman–Crippen LogP) is 2.40. The number of rotatable bonds is 4. The monoisotopic (exact) mass is 291 g/mol. The zero-order chi connectivity index (χ0) is 14.8. The summed E-state index contributed by atoms with van der Waals surface area (Å²) < 4.78 is 0. The molecule has 0 spiro atoms. The second kappa shape index (κ2) is 5.64. The second-order valence-electron chi connectivity index (χ2n) is 4.99. The first kappa shape index (κ1) is 14.6. The average Bonchev–Trinajstić information content (AvgIpc) is 2.89. The van der Waals surface area contributed by atoms with Crippen molar-refractivity contribution in [3.63, 3.8) is 0 Å². The van der Waals surface area contributed by atoms with Crippen LogP contribution in [0.25, 0.3) is 0 Å². The number of hydrogen-bond acceptors (Lipinski definition) is 4. The highest BCUT2D eigenvalue weighted by Gasteiger charge is 2.25. The van der Waals surface area contributed by atoms with E-state index in [0.29, 0.717) is 5.56 Å². The Morgan fingerprint density at radius 3 is 2.75 bits per heavy atom. The number of thiophene rings is 1. The van der Waals surface area contributed by atoms with Crippen LogP contribution in [0, 0.1) is 6.92 Å². The molecule has 0 aliphatic rings. The number of carbonyl (C=O) groups excluding carboxylic acids is 1. The summed E-state index contributed by atoms with van der Waals surface area (Å²) in [6.45, 7) is 3.58. The topological polar surface area (TPSA) is 69.6 Å². The lowest BCUT2D eigenvalue weighted by Crippen LogP contribution is -2.38. The van der Waals surface area contributed by atoms with E-state index in [0.717, 1.165) is 10.4 Å². The zero-order valence-corrected chi connectivity index (χ0v) is 12.2. The fraction of sp³-hybridized carbons (Fsp3) is 0.267. The minimum atomic E-state index is -1.10. The van der Waals surface area contributed by atoms with Crippen molar-refractivity contribution < 1.29 is 15.0 Å². The largest absolute Gasteiger partial charge is 0.508 e. The van der Waals surface area contributed by atoms with E-state index in [4.69, 9.17) is 0 Å². The summed E-state index contributed by atoms with van der Waals surface area (Å²) in [7, 11) is 0. The number of phenols is 1. The summed E-state index contributed by atoms with van der Waals surface area (Å²) in [6, 6.07) is 8.36. The molecule has 0 saturated heterocycles. The molecule has 1 amide bonds. The number of benzene rings is 1. The summed E-state index contributed by atoms with van der Waals surface area (Å²) in [4.78, 5) is 12.8. The van der Waals surface area contributed by atoms with E-state index < -0.39 is 5.60 Å². The Hall–Kier alpha value is -1.85. The molecule has 1 unspecified atom stereocenters. The number of carbonyl (C=O) groups is 1. The van der Waals surface area contributed by atoms with E-state index in [2.05, 4.69) is 5.32 Å². The minimum Gasteiger partial charge on any atom is -0.508 e. The van der Waals surface area contributed by atoms with Gasteiger partial charge in [-0.25, -0.2) is 0 Å². The molecule has 4 nitrogen and oxygen atoms in total. The van der Waals surface area contributed by atoms with Gasteiger partial charge in [-0.05, 0) is 49.1 Å². The van der Waals surface area contributed by atoms with Crippen LogP contribution in [-0.2, 0) is 5.60 Å². The van der Waals surface area contributed by atoms with Crippen LogP contribution in [0.15, 0.2) is 35.7 Å². The molecule has 5 heteroatoms. The molecular weight excluding hydrogens is 274 g/mol. The summed E-state index contributed by atoms with van der Waals surface area (Å²) >= 11 is 1.44. The normalized spacial score (nSPS) is 13.8. The molecule has 1 aromatic heterocycles. The molecule has 0 aliphatic carbocycles. The van der Waals surface area contributed by atoms with E-state index >= 15 is 0 Å². The van der Waals surface area contributed by atoms with Gasteiger partial charge in [0, 0.05) is 10.4 Å². The number of aliphatic hydroxyl groups is 1. The van der Waals surface area contributed by atoms with Gasteiger partial charge in [-0.2, -0.15) is 0 Å².